The summed E-state index contributed by atoms with van der Waals surface area (Å²) in [6.07, 6.45) is 9.14. The molecule has 6 nitrogen and oxygen atoms in total. The van der Waals surface area contributed by atoms with Crippen molar-refractivity contribution < 1.29 is 9.53 Å². The van der Waals surface area contributed by atoms with Crippen LogP contribution in [0.5, 0.6) is 0 Å². The van der Waals surface area contributed by atoms with Crippen molar-refractivity contribution >= 4 is 11.7 Å². The Labute approximate surface area is 143 Å². The molecule has 2 N–H and O–H groups in total. The number of amides is 1. The molecular formula is C18H28N4O2. The van der Waals surface area contributed by atoms with Gasteiger partial charge in [0, 0.05) is 25.9 Å². The predicted molar refractivity (Wildman–Crippen MR) is 93.3 cm³/mol. The Morgan fingerprint density at radius 3 is 2.83 bits per heavy atom. The van der Waals surface area contributed by atoms with Crippen LogP contribution in [0.4, 0.5) is 5.82 Å². The van der Waals surface area contributed by atoms with E-state index in [9.17, 15) is 4.79 Å². The standard InChI is InChI=1S/C18H28N4O2/c1-13-3-5-14(6-4-13)9-18(23)22-12-16(24-2)10-15(22)11-21-8-7-17(19)20-21/h7-9,13,15-16H,3-6,10-12H2,1-2H3,(H2,19,20)/t13?,15-,16+/m0/s1. The van der Waals surface area contributed by atoms with Crippen LogP contribution in [0.25, 0.3) is 0 Å². The van der Waals surface area contributed by atoms with E-state index in [-0.39, 0.29) is 18.1 Å². The number of hydrogen-bond acceptors (Lipinski definition) is 4. The van der Waals surface area contributed by atoms with E-state index < -0.39 is 0 Å². The van der Waals surface area contributed by atoms with Crippen LogP contribution in [-0.4, -0.2) is 46.4 Å². The molecule has 6 heteroatoms. The molecule has 2 heterocycles. The van der Waals surface area contributed by atoms with Gasteiger partial charge in [-0.3, -0.25) is 9.48 Å². The molecule has 2 aliphatic rings. The average Bonchev–Trinajstić information content (AvgIpc) is 3.16. The Bertz CT molecular complexity index is 600. The third kappa shape index (κ3) is 3.98. The fraction of sp³-hybridized carbons (Fsp3) is 0.667. The molecule has 0 radical (unpaired) electrons. The number of carbonyl (C=O) groups excluding carboxylic acids is 1. The molecule has 1 aliphatic carbocycles. The molecule has 24 heavy (non-hydrogen) atoms. The van der Waals surface area contributed by atoms with Crippen LogP contribution in [0.2, 0.25) is 0 Å². The van der Waals surface area contributed by atoms with Crippen LogP contribution in [0.3, 0.4) is 0 Å². The van der Waals surface area contributed by atoms with Crippen molar-refractivity contribution in [1.82, 2.24) is 14.7 Å². The van der Waals surface area contributed by atoms with Crippen molar-refractivity contribution in [3.63, 3.8) is 0 Å². The van der Waals surface area contributed by atoms with Crippen LogP contribution in [0.1, 0.15) is 39.0 Å². The lowest BCUT2D eigenvalue weighted by Gasteiger charge is -2.25. The number of likely N-dealkylation sites (tertiary alicyclic amines) is 1. The first-order valence-corrected chi connectivity index (χ1v) is 8.87. The number of aromatic nitrogens is 2. The highest BCUT2D eigenvalue weighted by atomic mass is 16.5. The van der Waals surface area contributed by atoms with Crippen LogP contribution >= 0.6 is 0 Å². The van der Waals surface area contributed by atoms with Crippen LogP contribution < -0.4 is 5.73 Å². The summed E-state index contributed by atoms with van der Waals surface area (Å²) >= 11 is 0. The maximum Gasteiger partial charge on any atom is 0.246 e. The maximum absolute atomic E-state index is 12.8. The van der Waals surface area contributed by atoms with Crippen LogP contribution in [0, 0.1) is 5.92 Å². The summed E-state index contributed by atoms with van der Waals surface area (Å²) in [4.78, 5) is 14.7. The lowest BCUT2D eigenvalue weighted by Crippen LogP contribution is -2.37. The van der Waals surface area contributed by atoms with Crippen LogP contribution in [0.15, 0.2) is 23.9 Å². The quantitative estimate of drug-likeness (QED) is 0.858. The summed E-state index contributed by atoms with van der Waals surface area (Å²) in [5, 5.41) is 4.24. The number of nitrogen functional groups attached to an aromatic ring is 1. The number of methoxy groups -OCH3 is 1. The summed E-state index contributed by atoms with van der Waals surface area (Å²) in [6.45, 7) is 3.59. The monoisotopic (exact) mass is 332 g/mol. The number of nitrogens with two attached hydrogens (primary N) is 1. The zero-order valence-corrected chi connectivity index (χ0v) is 14.6. The zero-order chi connectivity index (χ0) is 17.1. The van der Waals surface area contributed by atoms with Gasteiger partial charge in [0.1, 0.15) is 5.82 Å². The molecule has 1 saturated heterocycles. The van der Waals surface area contributed by atoms with E-state index >= 15 is 0 Å². The first kappa shape index (κ1) is 17.0. The summed E-state index contributed by atoms with van der Waals surface area (Å²) in [6, 6.07) is 1.88. The number of ether oxygens (including phenoxy) is 1. The second kappa shape index (κ2) is 7.38. The first-order chi connectivity index (χ1) is 11.5. The minimum absolute atomic E-state index is 0.0941. The summed E-state index contributed by atoms with van der Waals surface area (Å²) in [5.41, 5.74) is 6.98. The van der Waals surface area contributed by atoms with E-state index in [1.165, 1.54) is 18.4 Å². The second-order valence-corrected chi connectivity index (χ2v) is 7.19. The third-order valence-corrected chi connectivity index (χ3v) is 5.30. The predicted octanol–water partition coefficient (Wildman–Crippen LogP) is 2.22. The smallest absolute Gasteiger partial charge is 0.246 e. The number of carbonyl (C=O) groups is 1. The molecule has 1 aromatic heterocycles. The lowest BCUT2D eigenvalue weighted by atomic mass is 9.87. The second-order valence-electron chi connectivity index (χ2n) is 7.19. The van der Waals surface area contributed by atoms with Gasteiger partial charge in [-0.25, -0.2) is 0 Å². The van der Waals surface area contributed by atoms with Crippen molar-refractivity contribution in [3.05, 3.63) is 23.9 Å². The minimum Gasteiger partial charge on any atom is -0.382 e. The van der Waals surface area contributed by atoms with Crippen molar-refractivity contribution in [2.45, 2.75) is 57.7 Å². The van der Waals surface area contributed by atoms with E-state index in [0.29, 0.717) is 18.9 Å². The van der Waals surface area contributed by atoms with Gasteiger partial charge < -0.3 is 15.4 Å². The molecule has 1 amide bonds. The number of allylic oxidation sites excluding steroid dienone is 1. The Morgan fingerprint density at radius 2 is 2.21 bits per heavy atom. The van der Waals surface area contributed by atoms with E-state index in [1.54, 1.807) is 13.2 Å². The van der Waals surface area contributed by atoms with Gasteiger partial charge >= 0.3 is 0 Å². The fourth-order valence-corrected chi connectivity index (χ4v) is 3.72. The van der Waals surface area contributed by atoms with Gasteiger partial charge in [-0.15, -0.1) is 0 Å². The van der Waals surface area contributed by atoms with E-state index in [4.69, 9.17) is 10.5 Å². The molecule has 1 aliphatic heterocycles. The topological polar surface area (TPSA) is 73.4 Å². The SMILES string of the molecule is CO[C@@H]1C[C@@H](Cn2ccc(N)n2)N(C(=O)C=C2CCC(C)CC2)C1. The molecule has 0 bridgehead atoms. The Balaban J connectivity index is 1.68. The van der Waals surface area contributed by atoms with Crippen molar-refractivity contribution in [2.24, 2.45) is 5.92 Å². The number of rotatable bonds is 4. The van der Waals surface area contributed by atoms with E-state index in [2.05, 4.69) is 12.0 Å². The largest absolute Gasteiger partial charge is 0.382 e. The molecule has 0 aromatic carbocycles. The molecular weight excluding hydrogens is 304 g/mol. The molecule has 1 aromatic rings. The van der Waals surface area contributed by atoms with Gasteiger partial charge in [0.2, 0.25) is 5.91 Å². The van der Waals surface area contributed by atoms with E-state index in [1.807, 2.05) is 21.9 Å². The Hall–Kier alpha value is -1.82. The van der Waals surface area contributed by atoms with Gasteiger partial charge in [0.15, 0.2) is 0 Å². The summed E-state index contributed by atoms with van der Waals surface area (Å²) in [7, 11) is 1.71. The number of nitrogens with zero attached hydrogens (tertiary/aromatic N) is 3. The number of hydrogen-bond donors (Lipinski definition) is 1. The van der Waals surface area contributed by atoms with Crippen molar-refractivity contribution in [2.75, 3.05) is 19.4 Å². The lowest BCUT2D eigenvalue weighted by molar-refractivity contribution is -0.127. The molecule has 132 valence electrons. The number of anilines is 1. The summed E-state index contributed by atoms with van der Waals surface area (Å²) < 4.78 is 7.31. The highest BCUT2D eigenvalue weighted by Gasteiger charge is 2.35. The van der Waals surface area contributed by atoms with Gasteiger partial charge in [-0.05, 0) is 44.1 Å². The molecule has 1 saturated carbocycles. The Morgan fingerprint density at radius 1 is 1.46 bits per heavy atom. The average molecular weight is 332 g/mol. The molecule has 3 rings (SSSR count). The maximum atomic E-state index is 12.8. The van der Waals surface area contributed by atoms with Gasteiger partial charge in [-0.1, -0.05) is 12.5 Å². The molecule has 0 unspecified atom stereocenters. The third-order valence-electron chi connectivity index (χ3n) is 5.30. The van der Waals surface area contributed by atoms with Gasteiger partial charge in [-0.2, -0.15) is 5.10 Å². The Kier molecular flexibility index (Phi) is 5.23. The van der Waals surface area contributed by atoms with E-state index in [0.717, 1.165) is 25.2 Å². The van der Waals surface area contributed by atoms with Crippen molar-refractivity contribution in [3.8, 4) is 0 Å². The zero-order valence-electron chi connectivity index (χ0n) is 14.6. The highest BCUT2D eigenvalue weighted by molar-refractivity contribution is 5.88. The fourth-order valence-electron chi connectivity index (χ4n) is 3.72. The highest BCUT2D eigenvalue weighted by Crippen LogP contribution is 2.29. The van der Waals surface area contributed by atoms with Crippen molar-refractivity contribution in [1.29, 1.82) is 0 Å². The van der Waals surface area contributed by atoms with Gasteiger partial charge in [0.25, 0.3) is 0 Å². The first-order valence-electron chi connectivity index (χ1n) is 8.87. The normalized spacial score (nSPS) is 27.5. The molecule has 0 spiro atoms. The molecule has 2 atom stereocenters. The minimum atomic E-state index is 0.0941. The molecule has 2 fully saturated rings. The summed E-state index contributed by atoms with van der Waals surface area (Å²) in [5.74, 6) is 1.40. The van der Waals surface area contributed by atoms with Gasteiger partial charge in [0.05, 0.1) is 18.7 Å². The van der Waals surface area contributed by atoms with Crippen LogP contribution in [-0.2, 0) is 16.1 Å².